The number of benzene rings is 2. The predicted molar refractivity (Wildman–Crippen MR) is 83.9 cm³/mol. The topological polar surface area (TPSA) is 45.1 Å². The summed E-state index contributed by atoms with van der Waals surface area (Å²) in [5, 5.41) is 14.6. The summed E-state index contributed by atoms with van der Waals surface area (Å²) >= 11 is 1.27. The molecule has 3 nitrogen and oxygen atoms in total. The standard InChI is InChI=1S/C16H11F3N2OS/c17-16(18,19)11-4-2-5-12(8-11)20-15-21-14(9-23-15)10-3-1-6-13(22)7-10/h1-9,22H,(H,20,21). The van der Waals surface area contributed by atoms with Crippen molar-refractivity contribution in [2.24, 2.45) is 0 Å². The lowest BCUT2D eigenvalue weighted by molar-refractivity contribution is -0.137. The zero-order valence-corrected chi connectivity index (χ0v) is 12.4. The molecule has 1 aromatic heterocycles. The summed E-state index contributed by atoms with van der Waals surface area (Å²) in [4.78, 5) is 4.32. The van der Waals surface area contributed by atoms with Gasteiger partial charge in [0.05, 0.1) is 11.3 Å². The molecular formula is C16H11F3N2OS. The van der Waals surface area contributed by atoms with Gasteiger partial charge in [-0.15, -0.1) is 11.3 Å². The number of anilines is 2. The summed E-state index contributed by atoms with van der Waals surface area (Å²) in [5.41, 5.74) is 0.975. The first-order valence-corrected chi connectivity index (χ1v) is 7.49. The first-order valence-electron chi connectivity index (χ1n) is 6.61. The van der Waals surface area contributed by atoms with Crippen LogP contribution in [0.5, 0.6) is 5.75 Å². The predicted octanol–water partition coefficient (Wildman–Crippen LogP) is 5.28. The van der Waals surface area contributed by atoms with Crippen molar-refractivity contribution in [1.82, 2.24) is 4.98 Å². The lowest BCUT2D eigenvalue weighted by Gasteiger charge is -2.08. The number of nitrogens with zero attached hydrogens (tertiary/aromatic N) is 1. The fraction of sp³-hybridized carbons (Fsp3) is 0.0625. The fourth-order valence-corrected chi connectivity index (χ4v) is 2.77. The molecule has 0 bridgehead atoms. The van der Waals surface area contributed by atoms with E-state index in [2.05, 4.69) is 10.3 Å². The molecule has 1 heterocycles. The van der Waals surface area contributed by atoms with Gasteiger partial charge in [-0.05, 0) is 30.3 Å². The molecule has 3 rings (SSSR count). The Morgan fingerprint density at radius 3 is 2.57 bits per heavy atom. The van der Waals surface area contributed by atoms with Crippen LogP contribution in [0.4, 0.5) is 24.0 Å². The van der Waals surface area contributed by atoms with Crippen LogP contribution in [0.2, 0.25) is 0 Å². The van der Waals surface area contributed by atoms with Crippen LogP contribution in [0.25, 0.3) is 11.3 Å². The van der Waals surface area contributed by atoms with Gasteiger partial charge in [-0.3, -0.25) is 0 Å². The Hall–Kier alpha value is -2.54. The Balaban J connectivity index is 1.82. The average Bonchev–Trinajstić information content (AvgIpc) is 2.95. The third-order valence-corrected chi connectivity index (χ3v) is 3.84. The monoisotopic (exact) mass is 336 g/mol. The molecule has 0 fully saturated rings. The van der Waals surface area contributed by atoms with Crippen molar-refractivity contribution in [3.05, 3.63) is 59.5 Å². The van der Waals surface area contributed by atoms with Crippen LogP contribution in [-0.2, 0) is 6.18 Å². The van der Waals surface area contributed by atoms with Crippen LogP contribution < -0.4 is 5.32 Å². The second-order valence-corrected chi connectivity index (χ2v) is 5.65. The summed E-state index contributed by atoms with van der Waals surface area (Å²) in [6, 6.07) is 11.6. The number of aromatic nitrogens is 1. The maximum Gasteiger partial charge on any atom is 0.416 e. The number of hydrogen-bond donors (Lipinski definition) is 2. The minimum Gasteiger partial charge on any atom is -0.508 e. The van der Waals surface area contributed by atoms with Crippen molar-refractivity contribution in [3.8, 4) is 17.0 Å². The lowest BCUT2D eigenvalue weighted by Crippen LogP contribution is -2.05. The molecule has 23 heavy (non-hydrogen) atoms. The summed E-state index contributed by atoms with van der Waals surface area (Å²) in [5.74, 6) is 0.128. The van der Waals surface area contributed by atoms with Crippen molar-refractivity contribution in [3.63, 3.8) is 0 Å². The molecule has 2 N–H and O–H groups in total. The van der Waals surface area contributed by atoms with Crippen molar-refractivity contribution in [2.45, 2.75) is 6.18 Å². The van der Waals surface area contributed by atoms with Crippen molar-refractivity contribution >= 4 is 22.2 Å². The largest absolute Gasteiger partial charge is 0.508 e. The lowest BCUT2D eigenvalue weighted by atomic mass is 10.2. The van der Waals surface area contributed by atoms with E-state index in [0.717, 1.165) is 17.7 Å². The number of halogens is 3. The SMILES string of the molecule is Oc1cccc(-c2csc(Nc3cccc(C(F)(F)F)c3)n2)c1. The highest BCUT2D eigenvalue weighted by atomic mass is 32.1. The highest BCUT2D eigenvalue weighted by molar-refractivity contribution is 7.14. The molecule has 0 aliphatic heterocycles. The molecular weight excluding hydrogens is 325 g/mol. The Bertz CT molecular complexity index is 830. The number of phenolic OH excluding ortho intramolecular Hbond substituents is 1. The normalized spacial score (nSPS) is 11.4. The smallest absolute Gasteiger partial charge is 0.416 e. The van der Waals surface area contributed by atoms with E-state index in [0.29, 0.717) is 16.5 Å². The molecule has 0 aliphatic rings. The van der Waals surface area contributed by atoms with E-state index in [1.165, 1.54) is 17.4 Å². The number of thiazole rings is 1. The minimum absolute atomic E-state index is 0.128. The van der Waals surface area contributed by atoms with Gasteiger partial charge in [-0.2, -0.15) is 13.2 Å². The van der Waals surface area contributed by atoms with Crippen molar-refractivity contribution in [2.75, 3.05) is 5.32 Å². The van der Waals surface area contributed by atoms with Gasteiger partial charge in [-0.1, -0.05) is 18.2 Å². The minimum atomic E-state index is -4.38. The van der Waals surface area contributed by atoms with E-state index in [1.54, 1.807) is 35.7 Å². The molecule has 0 saturated carbocycles. The van der Waals surface area contributed by atoms with E-state index in [1.807, 2.05) is 0 Å². The van der Waals surface area contributed by atoms with Crippen LogP contribution in [0.3, 0.4) is 0 Å². The van der Waals surface area contributed by atoms with E-state index in [4.69, 9.17) is 0 Å². The maximum atomic E-state index is 12.7. The number of hydrogen-bond acceptors (Lipinski definition) is 4. The number of aromatic hydroxyl groups is 1. The van der Waals surface area contributed by atoms with Crippen molar-refractivity contribution in [1.29, 1.82) is 0 Å². The van der Waals surface area contributed by atoms with Gasteiger partial charge < -0.3 is 10.4 Å². The molecule has 118 valence electrons. The average molecular weight is 336 g/mol. The Labute approximate surface area is 134 Å². The van der Waals surface area contributed by atoms with Gasteiger partial charge in [0.1, 0.15) is 5.75 Å². The van der Waals surface area contributed by atoms with E-state index < -0.39 is 11.7 Å². The quantitative estimate of drug-likeness (QED) is 0.684. The van der Waals surface area contributed by atoms with Crippen LogP contribution in [0.1, 0.15) is 5.56 Å². The van der Waals surface area contributed by atoms with Gasteiger partial charge in [0.2, 0.25) is 0 Å². The van der Waals surface area contributed by atoms with Crippen LogP contribution in [0.15, 0.2) is 53.9 Å². The first kappa shape index (κ1) is 15.4. The van der Waals surface area contributed by atoms with Gasteiger partial charge in [0.25, 0.3) is 0 Å². The Morgan fingerprint density at radius 2 is 1.83 bits per heavy atom. The number of phenols is 1. The van der Waals surface area contributed by atoms with Gasteiger partial charge in [0, 0.05) is 16.6 Å². The zero-order chi connectivity index (χ0) is 16.4. The highest BCUT2D eigenvalue weighted by Gasteiger charge is 2.30. The molecule has 3 aromatic rings. The van der Waals surface area contributed by atoms with E-state index in [9.17, 15) is 18.3 Å². The molecule has 0 unspecified atom stereocenters. The molecule has 7 heteroatoms. The molecule has 2 aromatic carbocycles. The second kappa shape index (κ2) is 5.92. The second-order valence-electron chi connectivity index (χ2n) is 4.79. The highest BCUT2D eigenvalue weighted by Crippen LogP contribution is 2.33. The van der Waals surface area contributed by atoms with Crippen LogP contribution in [-0.4, -0.2) is 10.1 Å². The summed E-state index contributed by atoms with van der Waals surface area (Å²) < 4.78 is 38.1. The first-order chi connectivity index (χ1) is 10.9. The summed E-state index contributed by atoms with van der Waals surface area (Å²) in [6.45, 7) is 0. The van der Waals surface area contributed by atoms with Gasteiger partial charge in [0.15, 0.2) is 5.13 Å². The summed E-state index contributed by atoms with van der Waals surface area (Å²) in [7, 11) is 0. The molecule has 0 atom stereocenters. The maximum absolute atomic E-state index is 12.7. The zero-order valence-electron chi connectivity index (χ0n) is 11.6. The van der Waals surface area contributed by atoms with E-state index in [-0.39, 0.29) is 5.75 Å². The molecule has 0 spiro atoms. The van der Waals surface area contributed by atoms with Gasteiger partial charge in [-0.25, -0.2) is 4.98 Å². The van der Waals surface area contributed by atoms with Crippen molar-refractivity contribution < 1.29 is 18.3 Å². The number of nitrogens with one attached hydrogen (secondary N) is 1. The third-order valence-electron chi connectivity index (χ3n) is 3.09. The van der Waals surface area contributed by atoms with E-state index >= 15 is 0 Å². The number of rotatable bonds is 3. The molecule has 0 saturated heterocycles. The molecule has 0 amide bonds. The molecule has 0 radical (unpaired) electrons. The Morgan fingerprint density at radius 1 is 1.04 bits per heavy atom. The fourth-order valence-electron chi connectivity index (χ4n) is 2.03. The Kier molecular flexibility index (Phi) is 3.96. The molecule has 0 aliphatic carbocycles. The number of alkyl halides is 3. The van der Waals surface area contributed by atoms with Crippen LogP contribution >= 0.6 is 11.3 Å². The van der Waals surface area contributed by atoms with Gasteiger partial charge >= 0.3 is 6.18 Å². The third kappa shape index (κ3) is 3.62. The van der Waals surface area contributed by atoms with Crippen LogP contribution in [0, 0.1) is 0 Å². The summed E-state index contributed by atoms with van der Waals surface area (Å²) in [6.07, 6.45) is -4.38.